The Balaban J connectivity index is 1.78. The van der Waals surface area contributed by atoms with Crippen molar-refractivity contribution in [1.82, 2.24) is 9.88 Å². The molecule has 7 heteroatoms. The molecule has 0 aliphatic carbocycles. The number of benzene rings is 2. The number of nitrogens with zero attached hydrogens (tertiary/aromatic N) is 2. The summed E-state index contributed by atoms with van der Waals surface area (Å²) < 4.78 is 10.7. The highest BCUT2D eigenvalue weighted by atomic mass is 16.5. The third-order valence-corrected chi connectivity index (χ3v) is 5.21. The number of carbonyl (C=O) groups is 2. The summed E-state index contributed by atoms with van der Waals surface area (Å²) in [5.74, 6) is 0.191. The van der Waals surface area contributed by atoms with Crippen LogP contribution in [0.2, 0.25) is 0 Å². The van der Waals surface area contributed by atoms with Crippen LogP contribution in [0.4, 0.5) is 5.69 Å². The van der Waals surface area contributed by atoms with Crippen molar-refractivity contribution in [1.29, 1.82) is 0 Å². The van der Waals surface area contributed by atoms with Crippen LogP contribution in [-0.2, 0) is 16.1 Å². The second kappa shape index (κ2) is 8.93. The van der Waals surface area contributed by atoms with Crippen LogP contribution in [0.3, 0.4) is 0 Å². The molecule has 2 aromatic carbocycles. The van der Waals surface area contributed by atoms with Crippen LogP contribution in [0.15, 0.2) is 72.6 Å². The Kier molecular flexibility index (Phi) is 5.89. The quantitative estimate of drug-likeness (QED) is 0.576. The van der Waals surface area contributed by atoms with Crippen molar-refractivity contribution >= 4 is 23.1 Å². The van der Waals surface area contributed by atoms with Gasteiger partial charge in [-0.2, -0.15) is 0 Å². The molecule has 32 heavy (non-hydrogen) atoms. The predicted molar refractivity (Wildman–Crippen MR) is 121 cm³/mol. The maximum absolute atomic E-state index is 13.4. The summed E-state index contributed by atoms with van der Waals surface area (Å²) >= 11 is 0. The molecule has 0 unspecified atom stereocenters. The fourth-order valence-corrected chi connectivity index (χ4v) is 3.53. The smallest absolute Gasteiger partial charge is 0.278 e. The van der Waals surface area contributed by atoms with Gasteiger partial charge < -0.3 is 14.8 Å². The zero-order chi connectivity index (χ0) is 22.7. The number of ether oxygens (including phenoxy) is 2. The number of amides is 2. The summed E-state index contributed by atoms with van der Waals surface area (Å²) in [6.45, 7) is 2.06. The molecule has 7 nitrogen and oxygen atoms in total. The molecule has 2 amide bonds. The molecule has 0 bridgehead atoms. The first-order chi connectivity index (χ1) is 15.5. The van der Waals surface area contributed by atoms with Crippen LogP contribution in [0, 0.1) is 6.92 Å². The topological polar surface area (TPSA) is 80.8 Å². The fraction of sp³-hybridized carbons (Fsp3) is 0.160. The van der Waals surface area contributed by atoms with Gasteiger partial charge in [-0.3, -0.25) is 19.5 Å². The van der Waals surface area contributed by atoms with Crippen LogP contribution in [0.25, 0.3) is 5.57 Å². The molecule has 0 fully saturated rings. The highest BCUT2D eigenvalue weighted by Crippen LogP contribution is 2.36. The van der Waals surface area contributed by atoms with E-state index in [4.69, 9.17) is 9.47 Å². The van der Waals surface area contributed by atoms with Gasteiger partial charge >= 0.3 is 0 Å². The van der Waals surface area contributed by atoms with Gasteiger partial charge in [0.05, 0.1) is 32.0 Å². The molecule has 3 aromatic rings. The minimum Gasteiger partial charge on any atom is -0.493 e. The van der Waals surface area contributed by atoms with E-state index in [-0.39, 0.29) is 17.8 Å². The lowest BCUT2D eigenvalue weighted by Crippen LogP contribution is -2.32. The van der Waals surface area contributed by atoms with Crippen LogP contribution >= 0.6 is 0 Å². The van der Waals surface area contributed by atoms with Gasteiger partial charge in [0, 0.05) is 11.9 Å². The van der Waals surface area contributed by atoms with E-state index in [1.54, 1.807) is 43.6 Å². The molecular weight excluding hydrogens is 406 g/mol. The van der Waals surface area contributed by atoms with Crippen molar-refractivity contribution in [3.8, 4) is 11.5 Å². The number of carbonyl (C=O) groups excluding carboxylic acids is 2. The van der Waals surface area contributed by atoms with Crippen molar-refractivity contribution in [2.75, 3.05) is 19.5 Å². The molecule has 1 aliphatic rings. The maximum atomic E-state index is 13.4. The third kappa shape index (κ3) is 4.05. The van der Waals surface area contributed by atoms with Crippen LogP contribution in [0.5, 0.6) is 11.5 Å². The average molecular weight is 429 g/mol. The van der Waals surface area contributed by atoms with E-state index in [0.717, 1.165) is 5.56 Å². The van der Waals surface area contributed by atoms with Crippen molar-refractivity contribution in [3.05, 3.63) is 89.4 Å². The van der Waals surface area contributed by atoms with Crippen molar-refractivity contribution in [2.45, 2.75) is 13.5 Å². The van der Waals surface area contributed by atoms with Gasteiger partial charge in [-0.15, -0.1) is 0 Å². The Morgan fingerprint density at radius 1 is 0.906 bits per heavy atom. The Morgan fingerprint density at radius 2 is 1.66 bits per heavy atom. The minimum absolute atomic E-state index is 0.0778. The fourth-order valence-electron chi connectivity index (χ4n) is 3.53. The number of nitrogens with one attached hydrogen (secondary N) is 1. The van der Waals surface area contributed by atoms with Gasteiger partial charge in [-0.25, -0.2) is 0 Å². The van der Waals surface area contributed by atoms with E-state index < -0.39 is 11.8 Å². The number of hydrogen-bond acceptors (Lipinski definition) is 6. The Bertz CT molecular complexity index is 1190. The average Bonchev–Trinajstić information content (AvgIpc) is 3.05. The molecule has 0 saturated heterocycles. The van der Waals surface area contributed by atoms with Gasteiger partial charge in [0.1, 0.15) is 5.70 Å². The van der Waals surface area contributed by atoms with Gasteiger partial charge in [0.15, 0.2) is 11.5 Å². The first-order valence-corrected chi connectivity index (χ1v) is 10.1. The maximum Gasteiger partial charge on any atom is 0.278 e. The standard InChI is InChI=1S/C25H23N3O4/c1-16-7-10-18(11-8-16)27-23-22(17-9-12-20(31-2)21(14-17)32-3)24(29)28(25(23)30)15-19-6-4-5-13-26-19/h4-14,27H,15H2,1-3H3. The molecule has 0 radical (unpaired) electrons. The van der Waals surface area contributed by atoms with Crippen LogP contribution < -0.4 is 14.8 Å². The molecule has 162 valence electrons. The first-order valence-electron chi connectivity index (χ1n) is 10.1. The number of methoxy groups -OCH3 is 2. The van der Waals surface area contributed by atoms with Crippen molar-refractivity contribution in [3.63, 3.8) is 0 Å². The summed E-state index contributed by atoms with van der Waals surface area (Å²) in [6, 6.07) is 18.1. The zero-order valence-electron chi connectivity index (χ0n) is 18.1. The molecule has 2 heterocycles. The summed E-state index contributed by atoms with van der Waals surface area (Å²) in [5.41, 5.74) is 3.46. The number of anilines is 1. The monoisotopic (exact) mass is 429 g/mol. The zero-order valence-corrected chi connectivity index (χ0v) is 18.1. The summed E-state index contributed by atoms with van der Waals surface area (Å²) in [7, 11) is 3.07. The highest BCUT2D eigenvalue weighted by molar-refractivity contribution is 6.36. The van der Waals surface area contributed by atoms with E-state index >= 15 is 0 Å². The summed E-state index contributed by atoms with van der Waals surface area (Å²) in [6.07, 6.45) is 1.63. The molecule has 0 atom stereocenters. The predicted octanol–water partition coefficient (Wildman–Crippen LogP) is 3.80. The summed E-state index contributed by atoms with van der Waals surface area (Å²) in [5, 5.41) is 3.15. The van der Waals surface area contributed by atoms with Gasteiger partial charge in [-0.1, -0.05) is 29.8 Å². The minimum atomic E-state index is -0.411. The lowest BCUT2D eigenvalue weighted by atomic mass is 10.0. The van der Waals surface area contributed by atoms with E-state index in [1.165, 1.54) is 12.0 Å². The van der Waals surface area contributed by atoms with Crippen LogP contribution in [-0.4, -0.2) is 35.9 Å². The second-order valence-electron chi connectivity index (χ2n) is 7.33. The van der Waals surface area contributed by atoms with Crippen molar-refractivity contribution in [2.24, 2.45) is 0 Å². The normalized spacial score (nSPS) is 13.5. The Morgan fingerprint density at radius 3 is 2.31 bits per heavy atom. The Labute approximate surface area is 186 Å². The Hall–Kier alpha value is -4.13. The largest absolute Gasteiger partial charge is 0.493 e. The molecule has 1 aliphatic heterocycles. The molecule has 4 rings (SSSR count). The number of imide groups is 1. The molecule has 0 spiro atoms. The second-order valence-corrected chi connectivity index (χ2v) is 7.33. The highest BCUT2D eigenvalue weighted by Gasteiger charge is 2.39. The number of hydrogen-bond donors (Lipinski definition) is 1. The third-order valence-electron chi connectivity index (χ3n) is 5.21. The first kappa shape index (κ1) is 21.1. The van der Waals surface area contributed by atoms with E-state index in [0.29, 0.717) is 28.4 Å². The van der Waals surface area contributed by atoms with E-state index in [1.807, 2.05) is 37.3 Å². The lowest BCUT2D eigenvalue weighted by molar-refractivity contribution is -0.137. The molecule has 1 N–H and O–H groups in total. The number of pyridine rings is 1. The summed E-state index contributed by atoms with van der Waals surface area (Å²) in [4.78, 5) is 32.2. The number of aryl methyl sites for hydroxylation is 1. The number of rotatable bonds is 7. The van der Waals surface area contributed by atoms with Gasteiger partial charge in [-0.05, 0) is 48.9 Å². The molecule has 0 saturated carbocycles. The van der Waals surface area contributed by atoms with Gasteiger partial charge in [0.2, 0.25) is 0 Å². The van der Waals surface area contributed by atoms with Gasteiger partial charge in [0.25, 0.3) is 11.8 Å². The lowest BCUT2D eigenvalue weighted by Gasteiger charge is -2.15. The number of aromatic nitrogens is 1. The van der Waals surface area contributed by atoms with Crippen LogP contribution in [0.1, 0.15) is 16.8 Å². The van der Waals surface area contributed by atoms with Crippen molar-refractivity contribution < 1.29 is 19.1 Å². The SMILES string of the molecule is COc1ccc(C2=C(Nc3ccc(C)cc3)C(=O)N(Cc3ccccn3)C2=O)cc1OC. The molecule has 1 aromatic heterocycles. The molecular formula is C25H23N3O4. The van der Waals surface area contributed by atoms with E-state index in [9.17, 15) is 9.59 Å². The van der Waals surface area contributed by atoms with E-state index in [2.05, 4.69) is 10.3 Å².